The number of rotatable bonds is 2. The van der Waals surface area contributed by atoms with E-state index in [0.717, 1.165) is 5.56 Å². The molecular weight excluding hydrogens is 278 g/mol. The Kier molecular flexibility index (Phi) is 3.86. The average Bonchev–Trinajstić information content (AvgIpc) is 2.91. The van der Waals surface area contributed by atoms with E-state index >= 15 is 0 Å². The molecule has 2 atom stereocenters. The number of morpholine rings is 1. The normalized spacial score (nSPS) is 21.6. The van der Waals surface area contributed by atoms with Crippen molar-refractivity contribution in [3.05, 3.63) is 35.5 Å². The van der Waals surface area contributed by atoms with E-state index in [2.05, 4.69) is 11.1 Å². The molecule has 22 heavy (non-hydrogen) atoms. The third kappa shape index (κ3) is 2.83. The van der Waals surface area contributed by atoms with Crippen LogP contribution < -0.4 is 4.90 Å². The second kappa shape index (κ2) is 5.82. The lowest BCUT2D eigenvalue weighted by molar-refractivity contribution is -0.00638. The highest BCUT2D eigenvalue weighted by Crippen LogP contribution is 2.30. The van der Waals surface area contributed by atoms with Crippen molar-refractivity contribution in [2.24, 2.45) is 0 Å². The van der Waals surface area contributed by atoms with Crippen LogP contribution in [0.2, 0.25) is 0 Å². The maximum atomic E-state index is 9.35. The number of ether oxygens (including phenoxy) is 1. The maximum Gasteiger partial charge on any atom is 0.235 e. The zero-order valence-electron chi connectivity index (χ0n) is 13.0. The summed E-state index contributed by atoms with van der Waals surface area (Å²) in [6.45, 7) is 7.46. The number of oxazole rings is 1. The number of hydrogen-bond acceptors (Lipinski definition) is 5. The van der Waals surface area contributed by atoms with E-state index in [1.54, 1.807) is 0 Å². The van der Waals surface area contributed by atoms with E-state index in [1.807, 2.05) is 49.9 Å². The second-order valence-corrected chi connectivity index (χ2v) is 5.81. The van der Waals surface area contributed by atoms with Crippen molar-refractivity contribution in [2.45, 2.75) is 33.0 Å². The first kappa shape index (κ1) is 14.6. The highest BCUT2D eigenvalue weighted by atomic mass is 16.5. The Hall–Kier alpha value is -2.32. The summed E-state index contributed by atoms with van der Waals surface area (Å²) in [5.74, 6) is 1.03. The van der Waals surface area contributed by atoms with Crippen LogP contribution >= 0.6 is 0 Å². The van der Waals surface area contributed by atoms with Crippen LogP contribution in [0, 0.1) is 18.3 Å². The van der Waals surface area contributed by atoms with E-state index in [4.69, 9.17) is 9.15 Å². The van der Waals surface area contributed by atoms with Gasteiger partial charge in [-0.3, -0.25) is 0 Å². The van der Waals surface area contributed by atoms with Gasteiger partial charge in [0.15, 0.2) is 0 Å². The van der Waals surface area contributed by atoms with Crippen molar-refractivity contribution in [2.75, 3.05) is 18.0 Å². The smallest absolute Gasteiger partial charge is 0.235 e. The molecule has 5 nitrogen and oxygen atoms in total. The van der Waals surface area contributed by atoms with E-state index in [9.17, 15) is 5.26 Å². The molecule has 1 aliphatic rings. The van der Waals surface area contributed by atoms with Gasteiger partial charge in [0.2, 0.25) is 17.5 Å². The van der Waals surface area contributed by atoms with Gasteiger partial charge in [-0.15, -0.1) is 0 Å². The fourth-order valence-corrected chi connectivity index (χ4v) is 2.76. The monoisotopic (exact) mass is 297 g/mol. The van der Waals surface area contributed by atoms with Gasteiger partial charge in [-0.1, -0.05) is 17.7 Å². The topological polar surface area (TPSA) is 62.3 Å². The van der Waals surface area contributed by atoms with Crippen molar-refractivity contribution >= 4 is 5.88 Å². The molecule has 1 aromatic heterocycles. The van der Waals surface area contributed by atoms with Gasteiger partial charge < -0.3 is 14.1 Å². The number of nitrogens with zero attached hydrogens (tertiary/aromatic N) is 3. The summed E-state index contributed by atoms with van der Waals surface area (Å²) in [5, 5.41) is 9.35. The summed E-state index contributed by atoms with van der Waals surface area (Å²) in [6.07, 6.45) is 0.200. The van der Waals surface area contributed by atoms with Gasteiger partial charge in [0.25, 0.3) is 0 Å². The van der Waals surface area contributed by atoms with Gasteiger partial charge in [-0.05, 0) is 32.9 Å². The highest BCUT2D eigenvalue weighted by molar-refractivity contribution is 5.60. The molecule has 114 valence electrons. The van der Waals surface area contributed by atoms with Crippen LogP contribution in [0.3, 0.4) is 0 Å². The molecule has 2 heterocycles. The summed E-state index contributed by atoms with van der Waals surface area (Å²) in [4.78, 5) is 6.39. The molecule has 0 radical (unpaired) electrons. The molecule has 0 saturated carbocycles. The minimum Gasteiger partial charge on any atom is -0.419 e. The molecule has 1 saturated heterocycles. The molecule has 0 aliphatic carbocycles. The molecule has 2 aromatic rings. The number of nitriles is 1. The maximum absolute atomic E-state index is 9.35. The Morgan fingerprint density at radius 2 is 1.82 bits per heavy atom. The Bertz CT molecular complexity index is 690. The Morgan fingerprint density at radius 1 is 1.18 bits per heavy atom. The standard InChI is InChI=1S/C17H19N3O2/c1-11-4-6-14(7-5-11)16-19-15(8-18)17(22-16)20-9-12(2)21-13(3)10-20/h4-7,12-13H,9-10H2,1-3H3/t12-,13-/m0/s1. The molecule has 0 bridgehead atoms. The molecule has 0 spiro atoms. The lowest BCUT2D eigenvalue weighted by atomic mass is 10.1. The minimum absolute atomic E-state index is 0.100. The number of benzene rings is 1. The van der Waals surface area contributed by atoms with Crippen LogP contribution in [-0.2, 0) is 4.74 Å². The first-order valence-corrected chi connectivity index (χ1v) is 7.45. The number of hydrogen-bond donors (Lipinski definition) is 0. The van der Waals surface area contributed by atoms with Gasteiger partial charge in [0, 0.05) is 18.7 Å². The zero-order chi connectivity index (χ0) is 15.7. The van der Waals surface area contributed by atoms with Crippen LogP contribution in [0.25, 0.3) is 11.5 Å². The molecule has 1 aromatic carbocycles. The van der Waals surface area contributed by atoms with Crippen molar-refractivity contribution in [3.8, 4) is 17.5 Å². The summed E-state index contributed by atoms with van der Waals surface area (Å²) >= 11 is 0. The van der Waals surface area contributed by atoms with Gasteiger partial charge >= 0.3 is 0 Å². The fraction of sp³-hybridized carbons (Fsp3) is 0.412. The van der Waals surface area contributed by atoms with Crippen LogP contribution in [-0.4, -0.2) is 30.3 Å². The Morgan fingerprint density at radius 3 is 2.41 bits per heavy atom. The lowest BCUT2D eigenvalue weighted by Gasteiger charge is -2.34. The van der Waals surface area contributed by atoms with Crippen LogP contribution in [0.4, 0.5) is 5.88 Å². The van der Waals surface area contributed by atoms with E-state index < -0.39 is 0 Å². The van der Waals surface area contributed by atoms with Crippen molar-refractivity contribution in [1.82, 2.24) is 4.98 Å². The molecule has 5 heteroatoms. The van der Waals surface area contributed by atoms with Gasteiger partial charge in [-0.2, -0.15) is 10.2 Å². The van der Waals surface area contributed by atoms with Crippen LogP contribution in [0.5, 0.6) is 0 Å². The van der Waals surface area contributed by atoms with E-state index in [1.165, 1.54) is 5.56 Å². The lowest BCUT2D eigenvalue weighted by Crippen LogP contribution is -2.45. The largest absolute Gasteiger partial charge is 0.419 e. The predicted molar refractivity (Wildman–Crippen MR) is 83.6 cm³/mol. The predicted octanol–water partition coefficient (Wildman–Crippen LogP) is 3.14. The quantitative estimate of drug-likeness (QED) is 0.852. The molecule has 1 aliphatic heterocycles. The molecule has 0 N–H and O–H groups in total. The van der Waals surface area contributed by atoms with Crippen molar-refractivity contribution in [3.63, 3.8) is 0 Å². The highest BCUT2D eigenvalue weighted by Gasteiger charge is 2.28. The summed E-state index contributed by atoms with van der Waals surface area (Å²) in [7, 11) is 0. The van der Waals surface area contributed by atoms with Gasteiger partial charge in [-0.25, -0.2) is 0 Å². The Balaban J connectivity index is 1.95. The second-order valence-electron chi connectivity index (χ2n) is 5.81. The number of aryl methyl sites for hydroxylation is 1. The van der Waals surface area contributed by atoms with Crippen LogP contribution in [0.1, 0.15) is 25.1 Å². The van der Waals surface area contributed by atoms with Gasteiger partial charge in [0.1, 0.15) is 6.07 Å². The summed E-state index contributed by atoms with van der Waals surface area (Å²) in [5.41, 5.74) is 2.38. The van der Waals surface area contributed by atoms with E-state index in [-0.39, 0.29) is 12.2 Å². The van der Waals surface area contributed by atoms with E-state index in [0.29, 0.717) is 30.6 Å². The van der Waals surface area contributed by atoms with Crippen molar-refractivity contribution in [1.29, 1.82) is 5.26 Å². The molecule has 1 fully saturated rings. The molecular formula is C17H19N3O2. The third-order valence-corrected chi connectivity index (χ3v) is 3.72. The molecule has 0 amide bonds. The molecule has 3 rings (SSSR count). The zero-order valence-corrected chi connectivity index (χ0v) is 13.0. The minimum atomic E-state index is 0.100. The SMILES string of the molecule is Cc1ccc(-c2nc(C#N)c(N3C[C@H](C)O[C@@H](C)C3)o2)cc1. The fourth-order valence-electron chi connectivity index (χ4n) is 2.76. The van der Waals surface area contributed by atoms with Gasteiger partial charge in [0.05, 0.1) is 12.2 Å². The molecule has 0 unspecified atom stereocenters. The number of aromatic nitrogens is 1. The first-order chi connectivity index (χ1) is 10.6. The van der Waals surface area contributed by atoms with Crippen LogP contribution in [0.15, 0.2) is 28.7 Å². The van der Waals surface area contributed by atoms with Crippen molar-refractivity contribution < 1.29 is 9.15 Å². The Labute approximate surface area is 130 Å². The summed E-state index contributed by atoms with van der Waals surface area (Å²) in [6, 6.07) is 10.1. The summed E-state index contributed by atoms with van der Waals surface area (Å²) < 4.78 is 11.6. The average molecular weight is 297 g/mol. The number of anilines is 1. The third-order valence-electron chi connectivity index (χ3n) is 3.72. The first-order valence-electron chi connectivity index (χ1n) is 7.45.